The third kappa shape index (κ3) is 4.67. The molecule has 2 aromatic rings. The Morgan fingerprint density at radius 1 is 1.03 bits per heavy atom. The molecule has 0 saturated carbocycles. The molecular weight excluding hydrogens is 368 g/mol. The summed E-state index contributed by atoms with van der Waals surface area (Å²) in [5, 5.41) is 10.8. The number of guanidine groups is 2. The average molecular weight is 390 g/mol. The Morgan fingerprint density at radius 2 is 1.66 bits per heavy atom. The molecule has 3 rings (SSSR count). The highest BCUT2D eigenvalue weighted by Crippen LogP contribution is 2.28. The second-order valence-electron chi connectivity index (χ2n) is 6.94. The Hall–Kier alpha value is -3.94. The van der Waals surface area contributed by atoms with E-state index in [1.165, 1.54) is 12.1 Å². The molecule has 29 heavy (non-hydrogen) atoms. The average Bonchev–Trinajstić information content (AvgIpc) is 2.64. The van der Waals surface area contributed by atoms with Crippen LogP contribution in [-0.2, 0) is 0 Å². The SMILES string of the molecule is CC1(C)N=C(N)N=C(N)N1c1cccc(C=C/C=C/c2cccc([N+](=O)[O-])c2)c1. The zero-order valence-corrected chi connectivity index (χ0v) is 16.2. The van der Waals surface area contributed by atoms with Crippen LogP contribution in [0.3, 0.4) is 0 Å². The predicted molar refractivity (Wildman–Crippen MR) is 117 cm³/mol. The van der Waals surface area contributed by atoms with Gasteiger partial charge in [-0.05, 0) is 37.1 Å². The lowest BCUT2D eigenvalue weighted by atomic mass is 10.1. The summed E-state index contributed by atoms with van der Waals surface area (Å²) in [6.07, 6.45) is 7.44. The molecule has 0 fully saturated rings. The molecule has 2 aromatic carbocycles. The number of nitrogens with zero attached hydrogens (tertiary/aromatic N) is 4. The van der Waals surface area contributed by atoms with Crippen molar-refractivity contribution in [1.82, 2.24) is 0 Å². The summed E-state index contributed by atoms with van der Waals surface area (Å²) in [6.45, 7) is 3.82. The van der Waals surface area contributed by atoms with Crippen molar-refractivity contribution in [3.63, 3.8) is 0 Å². The van der Waals surface area contributed by atoms with E-state index in [2.05, 4.69) is 9.98 Å². The van der Waals surface area contributed by atoms with Crippen molar-refractivity contribution in [3.8, 4) is 0 Å². The Balaban J connectivity index is 1.78. The van der Waals surface area contributed by atoms with Crippen LogP contribution in [0, 0.1) is 10.1 Å². The second-order valence-corrected chi connectivity index (χ2v) is 6.94. The summed E-state index contributed by atoms with van der Waals surface area (Å²) in [6, 6.07) is 14.2. The molecule has 0 radical (unpaired) electrons. The van der Waals surface area contributed by atoms with Crippen molar-refractivity contribution in [3.05, 3.63) is 81.9 Å². The fourth-order valence-electron chi connectivity index (χ4n) is 3.09. The number of rotatable bonds is 5. The van der Waals surface area contributed by atoms with Gasteiger partial charge in [-0.1, -0.05) is 48.6 Å². The molecule has 0 bridgehead atoms. The first-order valence-corrected chi connectivity index (χ1v) is 8.95. The van der Waals surface area contributed by atoms with Gasteiger partial charge in [-0.2, -0.15) is 4.99 Å². The Bertz CT molecular complexity index is 1050. The standard InChI is InChI=1S/C21H22N6O2/c1-21(2)25-19(22)24-20(23)26(21)17-11-5-9-15(13-17)7-3-4-8-16-10-6-12-18(14-16)27(28)29/h3-14H,1-2H3,(H4,22,23,24,25)/b7-3?,8-4+. The third-order valence-electron chi connectivity index (χ3n) is 4.29. The summed E-state index contributed by atoms with van der Waals surface area (Å²) >= 11 is 0. The van der Waals surface area contributed by atoms with Gasteiger partial charge in [0.05, 0.1) is 4.92 Å². The van der Waals surface area contributed by atoms with Crippen LogP contribution < -0.4 is 16.4 Å². The molecular formula is C21H22N6O2. The Morgan fingerprint density at radius 3 is 2.28 bits per heavy atom. The number of aliphatic imine (C=N–C) groups is 2. The number of nitrogens with two attached hydrogens (primary N) is 2. The molecule has 8 heteroatoms. The molecule has 1 heterocycles. The molecule has 0 spiro atoms. The van der Waals surface area contributed by atoms with Crippen molar-refractivity contribution in [2.75, 3.05) is 4.90 Å². The predicted octanol–water partition coefficient (Wildman–Crippen LogP) is 3.51. The van der Waals surface area contributed by atoms with Gasteiger partial charge in [0.25, 0.3) is 5.69 Å². The van der Waals surface area contributed by atoms with Crippen LogP contribution in [0.2, 0.25) is 0 Å². The van der Waals surface area contributed by atoms with E-state index in [-0.39, 0.29) is 17.6 Å². The van der Waals surface area contributed by atoms with E-state index >= 15 is 0 Å². The number of non-ortho nitro benzene ring substituents is 1. The monoisotopic (exact) mass is 390 g/mol. The first-order chi connectivity index (χ1) is 13.8. The fraction of sp³-hybridized carbons (Fsp3) is 0.143. The number of allylic oxidation sites excluding steroid dienone is 2. The highest BCUT2D eigenvalue weighted by Gasteiger charge is 2.32. The highest BCUT2D eigenvalue weighted by atomic mass is 16.6. The van der Waals surface area contributed by atoms with Crippen molar-refractivity contribution in [2.24, 2.45) is 21.5 Å². The van der Waals surface area contributed by atoms with Crippen LogP contribution in [0.15, 0.2) is 70.7 Å². The van der Waals surface area contributed by atoms with Gasteiger partial charge in [0.2, 0.25) is 11.9 Å². The Labute approximate surface area is 168 Å². The van der Waals surface area contributed by atoms with E-state index in [0.717, 1.165) is 16.8 Å². The summed E-state index contributed by atoms with van der Waals surface area (Å²) in [4.78, 5) is 20.7. The van der Waals surface area contributed by atoms with Gasteiger partial charge < -0.3 is 11.5 Å². The maximum absolute atomic E-state index is 10.8. The van der Waals surface area contributed by atoms with Gasteiger partial charge in [-0.25, -0.2) is 4.99 Å². The van der Waals surface area contributed by atoms with Crippen LogP contribution in [0.1, 0.15) is 25.0 Å². The van der Waals surface area contributed by atoms with Crippen LogP contribution in [0.4, 0.5) is 11.4 Å². The van der Waals surface area contributed by atoms with Gasteiger partial charge in [0.15, 0.2) is 0 Å². The van der Waals surface area contributed by atoms with E-state index < -0.39 is 10.6 Å². The molecule has 8 nitrogen and oxygen atoms in total. The van der Waals surface area contributed by atoms with Gasteiger partial charge in [0, 0.05) is 17.8 Å². The fourth-order valence-corrected chi connectivity index (χ4v) is 3.09. The van der Waals surface area contributed by atoms with Crippen LogP contribution in [-0.4, -0.2) is 22.5 Å². The first kappa shape index (κ1) is 19.8. The van der Waals surface area contributed by atoms with Crippen molar-refractivity contribution in [1.29, 1.82) is 0 Å². The summed E-state index contributed by atoms with van der Waals surface area (Å²) in [5.41, 5.74) is 13.8. The number of anilines is 1. The first-order valence-electron chi connectivity index (χ1n) is 8.95. The number of benzene rings is 2. The smallest absolute Gasteiger partial charge is 0.270 e. The largest absolute Gasteiger partial charge is 0.369 e. The topological polar surface area (TPSA) is 123 Å². The van der Waals surface area contributed by atoms with Gasteiger partial charge >= 0.3 is 0 Å². The maximum Gasteiger partial charge on any atom is 0.270 e. The van der Waals surface area contributed by atoms with E-state index in [4.69, 9.17) is 11.5 Å². The highest BCUT2D eigenvalue weighted by molar-refractivity contribution is 6.05. The lowest BCUT2D eigenvalue weighted by Gasteiger charge is -2.38. The van der Waals surface area contributed by atoms with Crippen molar-refractivity contribution >= 4 is 35.4 Å². The summed E-state index contributed by atoms with van der Waals surface area (Å²) in [5.74, 6) is 0.445. The van der Waals surface area contributed by atoms with E-state index in [9.17, 15) is 10.1 Å². The zero-order chi connectivity index (χ0) is 21.0. The normalized spacial score (nSPS) is 16.1. The minimum Gasteiger partial charge on any atom is -0.369 e. The van der Waals surface area contributed by atoms with Crippen molar-refractivity contribution < 1.29 is 4.92 Å². The molecule has 0 aromatic heterocycles. The lowest BCUT2D eigenvalue weighted by molar-refractivity contribution is -0.384. The van der Waals surface area contributed by atoms with Crippen LogP contribution in [0.5, 0.6) is 0 Å². The van der Waals surface area contributed by atoms with Crippen LogP contribution >= 0.6 is 0 Å². The number of nitro groups is 1. The molecule has 4 N–H and O–H groups in total. The molecule has 0 atom stereocenters. The van der Waals surface area contributed by atoms with Crippen LogP contribution in [0.25, 0.3) is 12.2 Å². The number of hydrogen-bond acceptors (Lipinski definition) is 7. The molecule has 0 saturated heterocycles. The number of nitro benzene ring substituents is 1. The Kier molecular flexibility index (Phi) is 5.45. The number of hydrogen-bond donors (Lipinski definition) is 2. The quantitative estimate of drug-likeness (QED) is 0.459. The molecule has 0 amide bonds. The third-order valence-corrected chi connectivity index (χ3v) is 4.29. The molecule has 0 aliphatic carbocycles. The van der Waals surface area contributed by atoms with Gasteiger partial charge in [-0.15, -0.1) is 0 Å². The van der Waals surface area contributed by atoms with E-state index in [1.807, 2.05) is 73.4 Å². The maximum atomic E-state index is 10.8. The second kappa shape index (κ2) is 7.97. The molecule has 0 unspecified atom stereocenters. The molecule has 148 valence electrons. The van der Waals surface area contributed by atoms with E-state index in [1.54, 1.807) is 6.07 Å². The van der Waals surface area contributed by atoms with E-state index in [0.29, 0.717) is 0 Å². The molecule has 1 aliphatic heterocycles. The minimum atomic E-state index is -0.653. The lowest BCUT2D eigenvalue weighted by Crippen LogP contribution is -2.54. The van der Waals surface area contributed by atoms with Crippen molar-refractivity contribution in [2.45, 2.75) is 19.5 Å². The van der Waals surface area contributed by atoms with Gasteiger partial charge in [0.1, 0.15) is 5.66 Å². The summed E-state index contributed by atoms with van der Waals surface area (Å²) in [7, 11) is 0. The molecule has 1 aliphatic rings. The minimum absolute atomic E-state index is 0.0653. The summed E-state index contributed by atoms with van der Waals surface area (Å²) < 4.78 is 0. The zero-order valence-electron chi connectivity index (χ0n) is 16.2. The van der Waals surface area contributed by atoms with Gasteiger partial charge in [-0.3, -0.25) is 15.0 Å².